The molecule has 2 aromatic carbocycles. The summed E-state index contributed by atoms with van der Waals surface area (Å²) in [5.41, 5.74) is 0.489. The van der Waals surface area contributed by atoms with Gasteiger partial charge >= 0.3 is 12.2 Å². The van der Waals surface area contributed by atoms with Gasteiger partial charge in [0.15, 0.2) is 0 Å². The van der Waals surface area contributed by atoms with E-state index < -0.39 is 17.8 Å². The summed E-state index contributed by atoms with van der Waals surface area (Å²) < 4.78 is 38.2. The Bertz CT molecular complexity index is 639. The van der Waals surface area contributed by atoms with Crippen LogP contribution in [-0.2, 0) is 12.7 Å². The highest BCUT2D eigenvalue weighted by Crippen LogP contribution is 2.29. The van der Waals surface area contributed by atoms with Gasteiger partial charge in [0, 0.05) is 16.7 Å². The number of amides is 2. The Morgan fingerprint density at radius 1 is 1.00 bits per heavy atom. The van der Waals surface area contributed by atoms with E-state index in [0.717, 1.165) is 16.6 Å². The maximum Gasteiger partial charge on any atom is 0.416 e. The van der Waals surface area contributed by atoms with Gasteiger partial charge in [-0.15, -0.1) is 0 Å². The highest BCUT2D eigenvalue weighted by Gasteiger charge is 2.29. The summed E-state index contributed by atoms with van der Waals surface area (Å²) >= 11 is 3.28. The van der Waals surface area contributed by atoms with Crippen molar-refractivity contribution in [3.8, 4) is 0 Å². The Morgan fingerprint density at radius 3 is 2.14 bits per heavy atom. The fourth-order valence-corrected chi connectivity index (χ4v) is 1.97. The standard InChI is InChI=1S/C15H12BrF3N2O/c16-12-5-7-13(8-6-12)21-14(22)20-9-10-1-3-11(4-2-10)15(17,18)19/h1-8H,9H2,(H2,20,21,22). The lowest BCUT2D eigenvalue weighted by Gasteiger charge is -2.09. The third kappa shape index (κ3) is 4.77. The number of carbonyl (C=O) groups excluding carboxylic acids is 1. The normalized spacial score (nSPS) is 11.1. The van der Waals surface area contributed by atoms with Crippen LogP contribution in [0.5, 0.6) is 0 Å². The average Bonchev–Trinajstić information content (AvgIpc) is 2.47. The summed E-state index contributed by atoms with van der Waals surface area (Å²) in [7, 11) is 0. The Morgan fingerprint density at radius 2 is 1.59 bits per heavy atom. The van der Waals surface area contributed by atoms with Gasteiger partial charge < -0.3 is 10.6 Å². The number of benzene rings is 2. The zero-order valence-electron chi connectivity index (χ0n) is 11.2. The van der Waals surface area contributed by atoms with E-state index in [1.54, 1.807) is 24.3 Å². The van der Waals surface area contributed by atoms with Crippen LogP contribution in [0.15, 0.2) is 53.0 Å². The topological polar surface area (TPSA) is 41.1 Å². The van der Waals surface area contributed by atoms with Crippen molar-refractivity contribution in [2.75, 3.05) is 5.32 Å². The Kier molecular flexibility index (Phi) is 5.07. The van der Waals surface area contributed by atoms with E-state index in [1.807, 2.05) is 0 Å². The average molecular weight is 373 g/mol. The van der Waals surface area contributed by atoms with E-state index >= 15 is 0 Å². The lowest BCUT2D eigenvalue weighted by molar-refractivity contribution is -0.137. The molecule has 0 bridgehead atoms. The van der Waals surface area contributed by atoms with Crippen LogP contribution in [0, 0.1) is 0 Å². The molecule has 0 radical (unpaired) electrons. The van der Waals surface area contributed by atoms with Gasteiger partial charge in [0.2, 0.25) is 0 Å². The molecular formula is C15H12BrF3N2O. The monoisotopic (exact) mass is 372 g/mol. The number of hydrogen-bond donors (Lipinski definition) is 2. The smallest absolute Gasteiger partial charge is 0.334 e. The molecule has 2 amide bonds. The van der Waals surface area contributed by atoms with E-state index in [9.17, 15) is 18.0 Å². The maximum atomic E-state index is 12.4. The van der Waals surface area contributed by atoms with Gasteiger partial charge in [0.25, 0.3) is 0 Å². The van der Waals surface area contributed by atoms with Crippen LogP contribution in [0.25, 0.3) is 0 Å². The Hall–Kier alpha value is -2.02. The van der Waals surface area contributed by atoms with Crippen molar-refractivity contribution in [1.29, 1.82) is 0 Å². The van der Waals surface area contributed by atoms with Crippen LogP contribution < -0.4 is 10.6 Å². The molecule has 22 heavy (non-hydrogen) atoms. The van der Waals surface area contributed by atoms with Gasteiger partial charge in [-0.25, -0.2) is 4.79 Å². The predicted octanol–water partition coefficient (Wildman–Crippen LogP) is 4.79. The van der Waals surface area contributed by atoms with E-state index in [1.165, 1.54) is 12.1 Å². The van der Waals surface area contributed by atoms with Crippen molar-refractivity contribution < 1.29 is 18.0 Å². The third-order valence-corrected chi connectivity index (χ3v) is 3.37. The first-order valence-electron chi connectivity index (χ1n) is 6.31. The van der Waals surface area contributed by atoms with Crippen LogP contribution in [0.2, 0.25) is 0 Å². The molecule has 0 aliphatic heterocycles. The SMILES string of the molecule is O=C(NCc1ccc(C(F)(F)F)cc1)Nc1ccc(Br)cc1. The first kappa shape index (κ1) is 16.4. The van der Waals surface area contributed by atoms with Crippen molar-refractivity contribution in [2.24, 2.45) is 0 Å². The van der Waals surface area contributed by atoms with Crippen LogP contribution in [0.3, 0.4) is 0 Å². The number of anilines is 1. The summed E-state index contributed by atoms with van der Waals surface area (Å²) in [6.07, 6.45) is -4.36. The molecule has 7 heteroatoms. The summed E-state index contributed by atoms with van der Waals surface area (Å²) in [4.78, 5) is 11.7. The van der Waals surface area contributed by atoms with Gasteiger partial charge in [-0.2, -0.15) is 13.2 Å². The van der Waals surface area contributed by atoms with E-state index in [4.69, 9.17) is 0 Å². The lowest BCUT2D eigenvalue weighted by atomic mass is 10.1. The minimum absolute atomic E-state index is 0.139. The zero-order valence-corrected chi connectivity index (χ0v) is 12.8. The predicted molar refractivity (Wildman–Crippen MR) is 81.4 cm³/mol. The highest BCUT2D eigenvalue weighted by atomic mass is 79.9. The molecule has 0 aliphatic carbocycles. The molecule has 0 atom stereocenters. The minimum Gasteiger partial charge on any atom is -0.334 e. The molecule has 3 nitrogen and oxygen atoms in total. The molecule has 2 aromatic rings. The van der Waals surface area contributed by atoms with Gasteiger partial charge in [-0.05, 0) is 42.0 Å². The molecule has 0 heterocycles. The van der Waals surface area contributed by atoms with Crippen molar-refractivity contribution in [1.82, 2.24) is 5.32 Å². The first-order valence-corrected chi connectivity index (χ1v) is 7.10. The number of alkyl halides is 3. The summed E-state index contributed by atoms with van der Waals surface area (Å²) in [5, 5.41) is 5.20. The second-order valence-electron chi connectivity index (χ2n) is 4.51. The number of halogens is 4. The largest absolute Gasteiger partial charge is 0.416 e. The van der Waals surface area contributed by atoms with Crippen LogP contribution in [0.1, 0.15) is 11.1 Å². The van der Waals surface area contributed by atoms with Gasteiger partial charge in [-0.3, -0.25) is 0 Å². The fourth-order valence-electron chi connectivity index (χ4n) is 1.70. The van der Waals surface area contributed by atoms with Crippen LogP contribution in [-0.4, -0.2) is 6.03 Å². The highest BCUT2D eigenvalue weighted by molar-refractivity contribution is 9.10. The van der Waals surface area contributed by atoms with Gasteiger partial charge in [-0.1, -0.05) is 28.1 Å². The number of urea groups is 1. The molecule has 0 unspecified atom stereocenters. The van der Waals surface area contributed by atoms with Crippen molar-refractivity contribution in [3.05, 3.63) is 64.1 Å². The van der Waals surface area contributed by atoms with Gasteiger partial charge in [0.1, 0.15) is 0 Å². The molecule has 0 fully saturated rings. The fraction of sp³-hybridized carbons (Fsp3) is 0.133. The molecule has 116 valence electrons. The number of hydrogen-bond acceptors (Lipinski definition) is 1. The molecular weight excluding hydrogens is 361 g/mol. The quantitative estimate of drug-likeness (QED) is 0.798. The van der Waals surface area contributed by atoms with Gasteiger partial charge in [0.05, 0.1) is 5.56 Å². The third-order valence-electron chi connectivity index (χ3n) is 2.84. The second-order valence-corrected chi connectivity index (χ2v) is 5.42. The maximum absolute atomic E-state index is 12.4. The van der Waals surface area contributed by atoms with Crippen molar-refractivity contribution in [2.45, 2.75) is 12.7 Å². The Labute approximate surface area is 133 Å². The van der Waals surface area contributed by atoms with Crippen LogP contribution >= 0.6 is 15.9 Å². The molecule has 0 aliphatic rings. The molecule has 2 rings (SSSR count). The minimum atomic E-state index is -4.36. The molecule has 2 N–H and O–H groups in total. The molecule has 0 saturated heterocycles. The molecule has 0 saturated carbocycles. The van der Waals surface area contributed by atoms with E-state index in [-0.39, 0.29) is 6.54 Å². The molecule has 0 spiro atoms. The van der Waals surface area contributed by atoms with Crippen LogP contribution in [0.4, 0.5) is 23.7 Å². The molecule has 0 aromatic heterocycles. The Balaban J connectivity index is 1.87. The van der Waals surface area contributed by atoms with Crippen molar-refractivity contribution in [3.63, 3.8) is 0 Å². The number of nitrogens with one attached hydrogen (secondary N) is 2. The lowest BCUT2D eigenvalue weighted by Crippen LogP contribution is -2.28. The number of carbonyl (C=O) groups is 1. The van der Waals surface area contributed by atoms with Crippen molar-refractivity contribution >= 4 is 27.6 Å². The zero-order chi connectivity index (χ0) is 16.2. The second kappa shape index (κ2) is 6.83. The van der Waals surface area contributed by atoms with E-state index in [2.05, 4.69) is 26.6 Å². The summed E-state index contributed by atoms with van der Waals surface area (Å²) in [6, 6.07) is 11.2. The number of rotatable bonds is 3. The van der Waals surface area contributed by atoms with E-state index in [0.29, 0.717) is 11.3 Å². The first-order chi connectivity index (χ1) is 10.3. The summed E-state index contributed by atoms with van der Waals surface area (Å²) in [5.74, 6) is 0. The summed E-state index contributed by atoms with van der Waals surface area (Å²) in [6.45, 7) is 0.139.